The van der Waals surface area contributed by atoms with Gasteiger partial charge in [0.05, 0.1) is 11.1 Å². The van der Waals surface area contributed by atoms with Crippen molar-refractivity contribution in [1.82, 2.24) is 0 Å². The topological polar surface area (TPSA) is 102 Å². The van der Waals surface area contributed by atoms with E-state index in [1.54, 1.807) is 0 Å². The monoisotopic (exact) mass is 331 g/mol. The van der Waals surface area contributed by atoms with Crippen LogP contribution in [0.15, 0.2) is 47.5 Å². The van der Waals surface area contributed by atoms with Crippen LogP contribution in [-0.2, 0) is 0 Å². The van der Waals surface area contributed by atoms with Gasteiger partial charge >= 0.3 is 0 Å². The Hall–Kier alpha value is -2.51. The Labute approximate surface area is 135 Å². The van der Waals surface area contributed by atoms with E-state index >= 15 is 0 Å². The van der Waals surface area contributed by atoms with Crippen LogP contribution in [0.3, 0.4) is 0 Å². The van der Waals surface area contributed by atoms with Gasteiger partial charge in [-0.05, 0) is 23.8 Å². The summed E-state index contributed by atoms with van der Waals surface area (Å²) in [5.41, 5.74) is 0.335. The fourth-order valence-electron chi connectivity index (χ4n) is 2.46. The number of allylic oxidation sites excluding steroid dienone is 2. The van der Waals surface area contributed by atoms with Crippen molar-refractivity contribution in [2.75, 3.05) is 0 Å². The van der Waals surface area contributed by atoms with Crippen LogP contribution in [0.1, 0.15) is 26.3 Å². The smallest absolute Gasteiger partial charge is 0.209 e. The summed E-state index contributed by atoms with van der Waals surface area (Å²) in [6.45, 7) is 0. The second kappa shape index (κ2) is 5.60. The number of phenolic OH excluding ortho intramolecular Hbond substituents is 1. The predicted molar refractivity (Wildman–Crippen MR) is 81.8 cm³/mol. The first-order valence-electron chi connectivity index (χ1n) is 6.56. The number of quaternary nitrogens is 1. The number of benzene rings is 2. The van der Waals surface area contributed by atoms with Crippen LogP contribution in [0.5, 0.6) is 5.75 Å². The molecular formula is C16H10ClNO5. The maximum absolute atomic E-state index is 12.6. The zero-order valence-corrected chi connectivity index (χ0v) is 12.3. The highest BCUT2D eigenvalue weighted by Crippen LogP contribution is 2.37. The lowest BCUT2D eigenvalue weighted by Gasteiger charge is -2.19. The molecule has 116 valence electrons. The van der Waals surface area contributed by atoms with Crippen molar-refractivity contribution < 1.29 is 25.1 Å². The SMILES string of the molecule is O=C1C(c2ccc([NH+]([O-])O)cc2)=C(Cl)C(=O)c2c(O)cccc21. The van der Waals surface area contributed by atoms with Crippen LogP contribution in [0.25, 0.3) is 5.57 Å². The van der Waals surface area contributed by atoms with Gasteiger partial charge in [-0.15, -0.1) is 0 Å². The Kier molecular flexibility index (Phi) is 3.75. The second-order valence-corrected chi connectivity index (χ2v) is 5.31. The number of halogens is 1. The van der Waals surface area contributed by atoms with E-state index in [1.807, 2.05) is 0 Å². The van der Waals surface area contributed by atoms with E-state index in [-0.39, 0.29) is 33.2 Å². The summed E-state index contributed by atoms with van der Waals surface area (Å²) >= 11 is 6.05. The Morgan fingerprint density at radius 1 is 1.00 bits per heavy atom. The summed E-state index contributed by atoms with van der Waals surface area (Å²) in [7, 11) is 0. The lowest BCUT2D eigenvalue weighted by atomic mass is 9.85. The number of aromatic hydroxyl groups is 1. The molecule has 0 fully saturated rings. The second-order valence-electron chi connectivity index (χ2n) is 4.93. The minimum atomic E-state index is -1.10. The Bertz CT molecular complexity index is 855. The van der Waals surface area contributed by atoms with Crippen molar-refractivity contribution in [3.05, 3.63) is 69.4 Å². The fraction of sp³-hybridized carbons (Fsp3) is 0. The number of phenols is 1. The first kappa shape index (κ1) is 15.4. The minimum Gasteiger partial charge on any atom is -0.595 e. The maximum Gasteiger partial charge on any atom is 0.209 e. The summed E-state index contributed by atoms with van der Waals surface area (Å²) in [6, 6.07) is 9.68. The summed E-state index contributed by atoms with van der Waals surface area (Å²) in [4.78, 5) is 25.0. The van der Waals surface area contributed by atoms with Crippen LogP contribution >= 0.6 is 11.6 Å². The molecule has 0 bridgehead atoms. The molecule has 0 amide bonds. The third kappa shape index (κ3) is 2.43. The van der Waals surface area contributed by atoms with Gasteiger partial charge in [-0.3, -0.25) is 9.59 Å². The molecule has 0 heterocycles. The largest absolute Gasteiger partial charge is 0.595 e. The highest BCUT2D eigenvalue weighted by molar-refractivity contribution is 6.57. The standard InChI is InChI=1S/C16H10ClNO5/c17-14-12(8-4-6-9(7-5-8)18(22)23)15(20)10-2-1-3-11(19)13(10)16(14)21/h1-7,18-19,22H. The van der Waals surface area contributed by atoms with Crippen molar-refractivity contribution in [3.63, 3.8) is 0 Å². The van der Waals surface area contributed by atoms with Crippen LogP contribution in [0, 0.1) is 5.21 Å². The molecule has 1 aliphatic rings. The molecule has 1 atom stereocenters. The molecule has 0 saturated heterocycles. The van der Waals surface area contributed by atoms with Crippen molar-refractivity contribution in [3.8, 4) is 5.75 Å². The van der Waals surface area contributed by atoms with E-state index in [4.69, 9.17) is 16.8 Å². The number of fused-ring (bicyclic) bond motifs is 1. The number of rotatable bonds is 2. The van der Waals surface area contributed by atoms with Crippen molar-refractivity contribution in [1.29, 1.82) is 0 Å². The molecular weight excluding hydrogens is 322 g/mol. The third-order valence-corrected chi connectivity index (χ3v) is 3.94. The Morgan fingerprint density at radius 2 is 1.65 bits per heavy atom. The van der Waals surface area contributed by atoms with E-state index in [2.05, 4.69) is 0 Å². The lowest BCUT2D eigenvalue weighted by molar-refractivity contribution is -0.991. The van der Waals surface area contributed by atoms with Crippen LogP contribution in [0.2, 0.25) is 0 Å². The van der Waals surface area contributed by atoms with E-state index in [0.29, 0.717) is 5.56 Å². The van der Waals surface area contributed by atoms with Gasteiger partial charge in [0, 0.05) is 17.7 Å². The number of hydrogen-bond donors (Lipinski definition) is 3. The number of Topliss-reactive ketones (excluding diaryl/α,β-unsaturated/α-hetero) is 2. The van der Waals surface area contributed by atoms with Gasteiger partial charge in [0.25, 0.3) is 0 Å². The highest BCUT2D eigenvalue weighted by atomic mass is 35.5. The van der Waals surface area contributed by atoms with Gasteiger partial charge in [0.2, 0.25) is 5.78 Å². The van der Waals surface area contributed by atoms with Crippen LogP contribution < -0.4 is 5.23 Å². The fourth-order valence-corrected chi connectivity index (χ4v) is 2.75. The maximum atomic E-state index is 12.6. The predicted octanol–water partition coefficient (Wildman–Crippen LogP) is 1.82. The van der Waals surface area contributed by atoms with Crippen molar-refractivity contribution in [2.24, 2.45) is 0 Å². The molecule has 2 aromatic carbocycles. The highest BCUT2D eigenvalue weighted by Gasteiger charge is 2.34. The normalized spacial score (nSPS) is 15.6. The molecule has 6 nitrogen and oxygen atoms in total. The zero-order valence-electron chi connectivity index (χ0n) is 11.5. The molecule has 0 saturated carbocycles. The molecule has 3 rings (SSSR count). The molecule has 1 aliphatic carbocycles. The lowest BCUT2D eigenvalue weighted by Crippen LogP contribution is -2.99. The first-order valence-corrected chi connectivity index (χ1v) is 6.94. The molecule has 7 heteroatoms. The molecule has 0 radical (unpaired) electrons. The molecule has 1 unspecified atom stereocenters. The van der Waals surface area contributed by atoms with E-state index in [9.17, 15) is 19.9 Å². The molecule has 0 spiro atoms. The zero-order chi connectivity index (χ0) is 16.7. The van der Waals surface area contributed by atoms with Crippen molar-refractivity contribution >= 4 is 34.4 Å². The van der Waals surface area contributed by atoms with Gasteiger partial charge in [-0.1, -0.05) is 23.7 Å². The molecule has 23 heavy (non-hydrogen) atoms. The van der Waals surface area contributed by atoms with Gasteiger partial charge in [0.1, 0.15) is 10.8 Å². The average Bonchev–Trinajstić information content (AvgIpc) is 2.53. The average molecular weight is 332 g/mol. The van der Waals surface area contributed by atoms with Crippen LogP contribution in [0.4, 0.5) is 5.69 Å². The van der Waals surface area contributed by atoms with Gasteiger partial charge in [-0.2, -0.15) is 5.23 Å². The Morgan fingerprint density at radius 3 is 2.26 bits per heavy atom. The van der Waals surface area contributed by atoms with Crippen LogP contribution in [-0.4, -0.2) is 21.9 Å². The minimum absolute atomic E-state index is 0.00768. The van der Waals surface area contributed by atoms with Gasteiger partial charge in [0.15, 0.2) is 11.5 Å². The molecule has 3 N–H and O–H groups in total. The number of ketones is 2. The molecule has 0 aliphatic heterocycles. The van der Waals surface area contributed by atoms with E-state index in [1.165, 1.54) is 42.5 Å². The summed E-state index contributed by atoms with van der Waals surface area (Å²) in [5.74, 6) is -1.44. The quantitative estimate of drug-likeness (QED) is 0.729. The Balaban J connectivity index is 2.15. The number of carbonyl (C=O) groups is 2. The first-order chi connectivity index (χ1) is 10.9. The van der Waals surface area contributed by atoms with E-state index in [0.717, 1.165) is 0 Å². The van der Waals surface area contributed by atoms with Gasteiger partial charge in [-0.25, -0.2) is 5.21 Å². The third-order valence-electron chi connectivity index (χ3n) is 3.58. The van der Waals surface area contributed by atoms with Gasteiger partial charge < -0.3 is 10.3 Å². The molecule has 0 aromatic heterocycles. The van der Waals surface area contributed by atoms with E-state index < -0.39 is 16.8 Å². The summed E-state index contributed by atoms with van der Waals surface area (Å²) in [5, 5.41) is 28.2. The summed E-state index contributed by atoms with van der Waals surface area (Å²) in [6.07, 6.45) is 0. The number of carbonyl (C=O) groups excluding carboxylic acids is 2. The summed E-state index contributed by atoms with van der Waals surface area (Å²) < 4.78 is 0. The number of nitrogens with one attached hydrogen (secondary N) is 1. The number of hydrogen-bond acceptors (Lipinski definition) is 5. The molecule has 2 aromatic rings. The van der Waals surface area contributed by atoms with Crippen molar-refractivity contribution in [2.45, 2.75) is 0 Å².